The number of aliphatic hydroxyl groups excluding tert-OH is 1. The molecule has 0 aliphatic carbocycles. The summed E-state index contributed by atoms with van der Waals surface area (Å²) in [7, 11) is 1.59. The second kappa shape index (κ2) is 9.32. The molecule has 7 heteroatoms. The van der Waals surface area contributed by atoms with E-state index < -0.39 is 17.7 Å². The number of methoxy groups -OCH3 is 1. The predicted octanol–water partition coefficient (Wildman–Crippen LogP) is -0.421. The van der Waals surface area contributed by atoms with Gasteiger partial charge in [0, 0.05) is 5.56 Å². The molecule has 0 unspecified atom stereocenters. The molecule has 2 heterocycles. The average molecular weight is 424 g/mol. The number of nitrogens with two attached hydrogens (primary N) is 1. The van der Waals surface area contributed by atoms with Crippen LogP contribution in [0.4, 0.5) is 0 Å². The minimum atomic E-state index is -0.635. The Morgan fingerprint density at radius 3 is 2.42 bits per heavy atom. The monoisotopic (exact) mass is 423 g/mol. The number of Topliss-reactive ketones (excluding diaryl/α,β-unsaturated/α-hetero) is 1. The number of aliphatic hydroxyl groups is 1. The van der Waals surface area contributed by atoms with Crippen molar-refractivity contribution in [3.05, 3.63) is 71.3 Å². The molecule has 7 nitrogen and oxygen atoms in total. The molecule has 162 valence electrons. The molecule has 1 atom stereocenters. The van der Waals surface area contributed by atoms with Gasteiger partial charge >= 0.3 is 0 Å². The van der Waals surface area contributed by atoms with Crippen molar-refractivity contribution < 1.29 is 29.6 Å². The molecule has 0 saturated carbocycles. The lowest BCUT2D eigenvalue weighted by Gasteiger charge is -2.28. The maximum atomic E-state index is 13.0. The number of nitrogens with one attached hydrogen (secondary N) is 1. The van der Waals surface area contributed by atoms with Gasteiger partial charge in [-0.2, -0.15) is 0 Å². The van der Waals surface area contributed by atoms with Crippen LogP contribution in [0.15, 0.2) is 60.2 Å². The van der Waals surface area contributed by atoms with Crippen LogP contribution in [0.5, 0.6) is 5.75 Å². The molecule has 2 aliphatic heterocycles. The van der Waals surface area contributed by atoms with Crippen LogP contribution in [0.3, 0.4) is 0 Å². The highest BCUT2D eigenvalue weighted by Gasteiger charge is 2.46. The fourth-order valence-corrected chi connectivity index (χ4v) is 4.41. The van der Waals surface area contributed by atoms with E-state index in [0.29, 0.717) is 17.9 Å². The van der Waals surface area contributed by atoms with Crippen molar-refractivity contribution in [3.63, 3.8) is 0 Å². The number of hydrogen-bond acceptors (Lipinski definition) is 4. The number of nitrogens with zero attached hydrogens (tertiary/aromatic N) is 1. The van der Waals surface area contributed by atoms with Gasteiger partial charge in [-0.3, -0.25) is 9.59 Å². The first-order valence-corrected chi connectivity index (χ1v) is 10.7. The fourth-order valence-electron chi connectivity index (χ4n) is 4.41. The van der Waals surface area contributed by atoms with Crippen LogP contribution in [0, 0.1) is 0 Å². The molecule has 0 spiro atoms. The summed E-state index contributed by atoms with van der Waals surface area (Å²) in [5.41, 5.74) is 1.44. The second-order valence-corrected chi connectivity index (χ2v) is 8.00. The van der Waals surface area contributed by atoms with Gasteiger partial charge in [0.2, 0.25) is 0 Å². The number of amides is 1. The Bertz CT molecular complexity index is 966. The van der Waals surface area contributed by atoms with Crippen LogP contribution < -0.4 is 15.0 Å². The second-order valence-electron chi connectivity index (χ2n) is 8.00. The molecule has 0 bridgehead atoms. The van der Waals surface area contributed by atoms with E-state index in [1.54, 1.807) is 36.3 Å². The number of carbonyl (C=O) groups excluding carboxylic acids is 2. The van der Waals surface area contributed by atoms with Gasteiger partial charge in [0.15, 0.2) is 0 Å². The molecule has 2 aromatic carbocycles. The van der Waals surface area contributed by atoms with Crippen molar-refractivity contribution in [2.45, 2.75) is 6.04 Å². The van der Waals surface area contributed by atoms with E-state index in [-0.39, 0.29) is 11.3 Å². The number of carbonyl (C=O) groups is 2. The lowest BCUT2D eigenvalue weighted by Crippen LogP contribution is -3.20. The third-order valence-electron chi connectivity index (χ3n) is 6.13. The molecule has 0 radical (unpaired) electrons. The highest BCUT2D eigenvalue weighted by Crippen LogP contribution is 2.39. The normalized spacial score (nSPS) is 21.5. The summed E-state index contributed by atoms with van der Waals surface area (Å²) in [5.74, 6) is -0.634. The quantitative estimate of drug-likeness (QED) is 0.335. The zero-order valence-electron chi connectivity index (χ0n) is 17.7. The smallest absolute Gasteiger partial charge is 0.295 e. The standard InChI is InChI=1S/C24H27N3O4/c1-31-19-9-7-17(8-10-19)21-20(22(28)18-5-3-2-4-6-18)23(29)24(30)27(21)16-15-26-13-11-25-12-14-26/h2-10,21,25,28H,11-16H2,1H3/p+2/t21-/m0/s1. The SMILES string of the molecule is COc1ccc([C@H]2C(=C(O)c3ccccc3)C(=O)C(=O)N2CC[NH+]2CC[NH2+]CC2)cc1. The predicted molar refractivity (Wildman–Crippen MR) is 116 cm³/mol. The van der Waals surface area contributed by atoms with Gasteiger partial charge in [-0.15, -0.1) is 0 Å². The molecular weight excluding hydrogens is 394 g/mol. The summed E-state index contributed by atoms with van der Waals surface area (Å²) in [6.45, 7) is 5.47. The number of benzene rings is 2. The Kier molecular flexibility index (Phi) is 6.34. The number of likely N-dealkylation sites (tertiary alicyclic amines) is 1. The van der Waals surface area contributed by atoms with Crippen molar-refractivity contribution in [2.75, 3.05) is 46.4 Å². The number of quaternary nitrogens is 2. The largest absolute Gasteiger partial charge is 0.507 e. The van der Waals surface area contributed by atoms with Crippen LogP contribution in [0.1, 0.15) is 17.2 Å². The van der Waals surface area contributed by atoms with Crippen molar-refractivity contribution in [2.24, 2.45) is 0 Å². The summed E-state index contributed by atoms with van der Waals surface area (Å²) in [6, 6.07) is 15.6. The van der Waals surface area contributed by atoms with Crippen LogP contribution in [0.2, 0.25) is 0 Å². The van der Waals surface area contributed by atoms with Gasteiger partial charge in [0.05, 0.1) is 31.8 Å². The Balaban J connectivity index is 1.72. The zero-order valence-corrected chi connectivity index (χ0v) is 17.7. The summed E-state index contributed by atoms with van der Waals surface area (Å²) in [5, 5.41) is 13.3. The van der Waals surface area contributed by atoms with E-state index in [9.17, 15) is 14.7 Å². The molecular formula is C24H29N3O4+2. The van der Waals surface area contributed by atoms with E-state index in [1.165, 1.54) is 4.90 Å². The van der Waals surface area contributed by atoms with Gasteiger partial charge in [-0.05, 0) is 17.7 Å². The Labute approximate surface area is 181 Å². The summed E-state index contributed by atoms with van der Waals surface area (Å²) in [4.78, 5) is 29.1. The molecule has 2 fully saturated rings. The number of rotatable bonds is 6. The zero-order chi connectivity index (χ0) is 21.8. The van der Waals surface area contributed by atoms with E-state index in [4.69, 9.17) is 4.74 Å². The maximum Gasteiger partial charge on any atom is 0.295 e. The average Bonchev–Trinajstić information content (AvgIpc) is 3.08. The molecule has 2 saturated heterocycles. The minimum absolute atomic E-state index is 0.137. The third-order valence-corrected chi connectivity index (χ3v) is 6.13. The van der Waals surface area contributed by atoms with Crippen molar-refractivity contribution in [3.8, 4) is 5.75 Å². The van der Waals surface area contributed by atoms with Crippen molar-refractivity contribution in [1.29, 1.82) is 0 Å². The first-order chi connectivity index (χ1) is 15.1. The third kappa shape index (κ3) is 4.33. The Morgan fingerprint density at radius 1 is 1.10 bits per heavy atom. The van der Waals surface area contributed by atoms with E-state index in [0.717, 1.165) is 38.3 Å². The molecule has 2 aromatic rings. The highest BCUT2D eigenvalue weighted by molar-refractivity contribution is 6.46. The van der Waals surface area contributed by atoms with Gasteiger partial charge in [0.1, 0.15) is 37.7 Å². The van der Waals surface area contributed by atoms with E-state index in [2.05, 4.69) is 5.32 Å². The summed E-state index contributed by atoms with van der Waals surface area (Å²) in [6.07, 6.45) is 0. The highest BCUT2D eigenvalue weighted by atomic mass is 16.5. The number of ketones is 1. The first kappa shape index (κ1) is 21.1. The lowest BCUT2D eigenvalue weighted by molar-refractivity contribution is -0.946. The number of piperazine rings is 1. The molecule has 1 amide bonds. The van der Waals surface area contributed by atoms with Crippen molar-refractivity contribution >= 4 is 17.4 Å². The van der Waals surface area contributed by atoms with Gasteiger partial charge < -0.3 is 25.0 Å². The van der Waals surface area contributed by atoms with Crippen LogP contribution in [0.25, 0.3) is 5.76 Å². The first-order valence-electron chi connectivity index (χ1n) is 10.7. The molecule has 31 heavy (non-hydrogen) atoms. The van der Waals surface area contributed by atoms with Crippen molar-refractivity contribution in [1.82, 2.24) is 4.90 Å². The van der Waals surface area contributed by atoms with Gasteiger partial charge in [-0.25, -0.2) is 0 Å². The molecule has 4 rings (SSSR count). The molecule has 4 N–H and O–H groups in total. The summed E-state index contributed by atoms with van der Waals surface area (Å²) < 4.78 is 5.26. The summed E-state index contributed by atoms with van der Waals surface area (Å²) >= 11 is 0. The number of ether oxygens (including phenoxy) is 1. The van der Waals surface area contributed by atoms with Crippen LogP contribution in [-0.4, -0.2) is 68.1 Å². The van der Waals surface area contributed by atoms with Gasteiger partial charge in [-0.1, -0.05) is 42.5 Å². The lowest BCUT2D eigenvalue weighted by atomic mass is 9.95. The van der Waals surface area contributed by atoms with E-state index in [1.807, 2.05) is 30.3 Å². The van der Waals surface area contributed by atoms with Crippen LogP contribution >= 0.6 is 0 Å². The van der Waals surface area contributed by atoms with Gasteiger partial charge in [0.25, 0.3) is 11.7 Å². The topological polar surface area (TPSA) is 87.9 Å². The Hall–Kier alpha value is -3.16. The Morgan fingerprint density at radius 2 is 1.77 bits per heavy atom. The maximum absolute atomic E-state index is 13.0. The molecule has 0 aromatic heterocycles. The van der Waals surface area contributed by atoms with Crippen LogP contribution in [-0.2, 0) is 9.59 Å². The van der Waals surface area contributed by atoms with E-state index >= 15 is 0 Å². The fraction of sp³-hybridized carbons (Fsp3) is 0.333. The minimum Gasteiger partial charge on any atom is -0.507 e. The number of hydrogen-bond donors (Lipinski definition) is 3. The molecule has 2 aliphatic rings.